The van der Waals surface area contributed by atoms with E-state index in [1.165, 1.54) is 18.6 Å². The van der Waals surface area contributed by atoms with E-state index in [0.717, 1.165) is 72.9 Å². The van der Waals surface area contributed by atoms with Crippen molar-refractivity contribution in [3.8, 4) is 0 Å². The maximum absolute atomic E-state index is 14.4. The molecular formula is C29H36FN7O. The minimum atomic E-state index is -0.395. The number of aryl methyl sites for hydroxylation is 1. The van der Waals surface area contributed by atoms with Gasteiger partial charge in [0.15, 0.2) is 5.65 Å². The number of halogens is 1. The fourth-order valence-corrected chi connectivity index (χ4v) is 5.74. The van der Waals surface area contributed by atoms with Crippen molar-refractivity contribution < 1.29 is 9.18 Å². The molecule has 1 amide bonds. The van der Waals surface area contributed by atoms with E-state index < -0.39 is 5.82 Å². The summed E-state index contributed by atoms with van der Waals surface area (Å²) in [6, 6.07) is 8.94. The Morgan fingerprint density at radius 1 is 1.08 bits per heavy atom. The standard InChI is InChI=1S/C29H36FN7O/c1-19-9-10-20-11-12-21(30)16-23(20)29(38)36-14-4-3-8-25(36)24-17-27-33-26(32-22-6-5-7-22)18-28(37(27)34-24)35(2)15-13-31-19/h11-12,16-18,22,25,31H,1,3-10,13-15H2,2H3,(H,32,33). The molecule has 0 radical (unpaired) electrons. The summed E-state index contributed by atoms with van der Waals surface area (Å²) in [5.41, 5.74) is 3.78. The maximum Gasteiger partial charge on any atom is 0.254 e. The summed E-state index contributed by atoms with van der Waals surface area (Å²) < 4.78 is 16.3. The summed E-state index contributed by atoms with van der Waals surface area (Å²) >= 11 is 0. The molecule has 6 rings (SSSR count). The predicted molar refractivity (Wildman–Crippen MR) is 147 cm³/mol. The molecule has 1 saturated carbocycles. The Hall–Kier alpha value is -3.62. The van der Waals surface area contributed by atoms with Crippen molar-refractivity contribution >= 4 is 23.2 Å². The molecule has 1 aromatic carbocycles. The first-order chi connectivity index (χ1) is 18.5. The number of carbonyl (C=O) groups excluding carboxylic acids is 1. The number of hydrogen-bond donors (Lipinski definition) is 2. The van der Waals surface area contributed by atoms with Crippen LogP contribution in [0.15, 0.2) is 42.6 Å². The average molecular weight is 518 g/mol. The fraction of sp³-hybridized carbons (Fsp3) is 0.483. The summed E-state index contributed by atoms with van der Waals surface area (Å²) in [6.07, 6.45) is 7.62. The number of piperidine rings is 1. The van der Waals surface area contributed by atoms with Crippen LogP contribution >= 0.6 is 0 Å². The number of likely N-dealkylation sites (N-methyl/N-ethyl adjacent to an activating group) is 1. The van der Waals surface area contributed by atoms with Gasteiger partial charge in [-0.3, -0.25) is 4.79 Å². The minimum absolute atomic E-state index is 0.135. The van der Waals surface area contributed by atoms with Crippen molar-refractivity contribution in [1.82, 2.24) is 24.8 Å². The van der Waals surface area contributed by atoms with Crippen LogP contribution in [0, 0.1) is 5.82 Å². The van der Waals surface area contributed by atoms with Crippen LogP contribution < -0.4 is 15.5 Å². The number of amides is 1. The van der Waals surface area contributed by atoms with E-state index in [9.17, 15) is 9.18 Å². The molecule has 8 nitrogen and oxygen atoms in total. The Morgan fingerprint density at radius 2 is 1.95 bits per heavy atom. The highest BCUT2D eigenvalue weighted by Gasteiger charge is 2.32. The number of aromatic nitrogens is 3. The number of carbonyl (C=O) groups is 1. The molecule has 1 unspecified atom stereocenters. The van der Waals surface area contributed by atoms with Gasteiger partial charge in [0, 0.05) is 56.1 Å². The summed E-state index contributed by atoms with van der Waals surface area (Å²) in [6.45, 7) is 6.28. The van der Waals surface area contributed by atoms with Crippen LogP contribution in [0.5, 0.6) is 0 Å². The molecule has 38 heavy (non-hydrogen) atoms. The van der Waals surface area contributed by atoms with Gasteiger partial charge >= 0.3 is 0 Å². The minimum Gasteiger partial charge on any atom is -0.387 e. The van der Waals surface area contributed by atoms with Gasteiger partial charge in [0.05, 0.1) is 11.7 Å². The molecule has 1 saturated heterocycles. The Labute approximate surface area is 222 Å². The van der Waals surface area contributed by atoms with Crippen molar-refractivity contribution in [2.45, 2.75) is 63.5 Å². The van der Waals surface area contributed by atoms with Gasteiger partial charge in [-0.25, -0.2) is 9.37 Å². The summed E-state index contributed by atoms with van der Waals surface area (Å²) in [4.78, 5) is 22.9. The molecule has 3 aromatic rings. The largest absolute Gasteiger partial charge is 0.387 e. The summed E-state index contributed by atoms with van der Waals surface area (Å²) in [7, 11) is 2.07. The van der Waals surface area contributed by atoms with Crippen molar-refractivity contribution in [2.75, 3.05) is 36.9 Å². The number of rotatable bonds is 2. The van der Waals surface area contributed by atoms with Gasteiger partial charge in [0.2, 0.25) is 0 Å². The van der Waals surface area contributed by atoms with Crippen LogP contribution in [0.2, 0.25) is 0 Å². The lowest BCUT2D eigenvalue weighted by Gasteiger charge is -2.35. The zero-order chi connectivity index (χ0) is 26.2. The Morgan fingerprint density at radius 3 is 2.76 bits per heavy atom. The third kappa shape index (κ3) is 4.81. The van der Waals surface area contributed by atoms with Gasteiger partial charge in [-0.1, -0.05) is 12.6 Å². The van der Waals surface area contributed by atoms with E-state index in [-0.39, 0.29) is 11.9 Å². The number of nitrogens with one attached hydrogen (secondary N) is 2. The molecule has 1 atom stereocenters. The number of hydrogen-bond acceptors (Lipinski definition) is 6. The number of nitrogens with zero attached hydrogens (tertiary/aromatic N) is 5. The molecule has 3 aliphatic rings. The van der Waals surface area contributed by atoms with Gasteiger partial charge in [0.25, 0.3) is 5.91 Å². The van der Waals surface area contributed by atoms with Gasteiger partial charge in [-0.15, -0.1) is 0 Å². The zero-order valence-electron chi connectivity index (χ0n) is 22.0. The van der Waals surface area contributed by atoms with Crippen LogP contribution in [-0.2, 0) is 6.42 Å². The Kier molecular flexibility index (Phi) is 6.68. The first-order valence-electron chi connectivity index (χ1n) is 13.9. The van der Waals surface area contributed by atoms with Crippen LogP contribution in [0.4, 0.5) is 16.0 Å². The molecule has 2 aromatic heterocycles. The van der Waals surface area contributed by atoms with Crippen molar-refractivity contribution in [3.63, 3.8) is 0 Å². The average Bonchev–Trinajstić information content (AvgIpc) is 3.32. The lowest BCUT2D eigenvalue weighted by atomic mass is 9.93. The second-order valence-electron chi connectivity index (χ2n) is 10.9. The first kappa shape index (κ1) is 24.7. The van der Waals surface area contributed by atoms with Crippen LogP contribution in [0.3, 0.4) is 0 Å². The van der Waals surface area contributed by atoms with Gasteiger partial charge < -0.3 is 20.4 Å². The van der Waals surface area contributed by atoms with E-state index in [0.29, 0.717) is 37.5 Å². The number of benzene rings is 1. The molecule has 9 heteroatoms. The third-order valence-electron chi connectivity index (χ3n) is 8.20. The van der Waals surface area contributed by atoms with E-state index >= 15 is 0 Å². The SMILES string of the molecule is C=C1CCc2ccc(F)cc2C(=O)N2CCCCC2c2cc3nc(NC4CCC4)cc(n3n2)N(C)CCN1. The fourth-order valence-electron chi connectivity index (χ4n) is 5.74. The molecule has 2 bridgehead atoms. The normalized spacial score (nSPS) is 21.2. The van der Waals surface area contributed by atoms with E-state index in [4.69, 9.17) is 10.1 Å². The van der Waals surface area contributed by atoms with Crippen molar-refractivity contribution in [3.05, 3.63) is 65.2 Å². The zero-order valence-corrected chi connectivity index (χ0v) is 22.0. The highest BCUT2D eigenvalue weighted by atomic mass is 19.1. The van der Waals surface area contributed by atoms with Crippen LogP contribution in [0.25, 0.3) is 5.65 Å². The number of allylic oxidation sites excluding steroid dienone is 1. The van der Waals surface area contributed by atoms with Gasteiger partial charge in [-0.05, 0) is 69.1 Å². The molecule has 2 N–H and O–H groups in total. The molecule has 1 aliphatic carbocycles. The van der Waals surface area contributed by atoms with Crippen molar-refractivity contribution in [2.24, 2.45) is 0 Å². The topological polar surface area (TPSA) is 77.8 Å². The van der Waals surface area contributed by atoms with E-state index in [1.807, 2.05) is 15.5 Å². The Balaban J connectivity index is 1.44. The van der Waals surface area contributed by atoms with Crippen molar-refractivity contribution in [1.29, 1.82) is 0 Å². The third-order valence-corrected chi connectivity index (χ3v) is 8.20. The number of fused-ring (bicyclic) bond motifs is 4. The van der Waals surface area contributed by atoms with Gasteiger partial charge in [0.1, 0.15) is 17.5 Å². The second-order valence-corrected chi connectivity index (χ2v) is 10.9. The molecule has 2 fully saturated rings. The summed E-state index contributed by atoms with van der Waals surface area (Å²) in [5.74, 6) is 1.27. The summed E-state index contributed by atoms with van der Waals surface area (Å²) in [5, 5.41) is 12.0. The molecule has 0 spiro atoms. The quantitative estimate of drug-likeness (QED) is 0.514. The lowest BCUT2D eigenvalue weighted by Crippen LogP contribution is -2.39. The highest BCUT2D eigenvalue weighted by Crippen LogP contribution is 2.34. The van der Waals surface area contributed by atoms with Gasteiger partial charge in [-0.2, -0.15) is 9.61 Å². The predicted octanol–water partition coefficient (Wildman–Crippen LogP) is 4.69. The van der Waals surface area contributed by atoms with Crippen LogP contribution in [-0.4, -0.2) is 58.1 Å². The molecular weight excluding hydrogens is 481 g/mol. The molecule has 2 aliphatic heterocycles. The lowest BCUT2D eigenvalue weighted by molar-refractivity contribution is 0.0604. The number of anilines is 2. The maximum atomic E-state index is 14.4. The molecule has 200 valence electrons. The van der Waals surface area contributed by atoms with E-state index in [1.54, 1.807) is 6.07 Å². The molecule has 4 heterocycles. The monoisotopic (exact) mass is 517 g/mol. The first-order valence-corrected chi connectivity index (χ1v) is 13.9. The highest BCUT2D eigenvalue weighted by molar-refractivity contribution is 5.96. The Bertz CT molecular complexity index is 1360. The van der Waals surface area contributed by atoms with E-state index in [2.05, 4.69) is 35.2 Å². The second kappa shape index (κ2) is 10.3. The smallest absolute Gasteiger partial charge is 0.254 e. The van der Waals surface area contributed by atoms with Crippen LogP contribution in [0.1, 0.15) is 72.6 Å².